The zero-order valence-corrected chi connectivity index (χ0v) is 7.47. The summed E-state index contributed by atoms with van der Waals surface area (Å²) in [5.41, 5.74) is -2.70. The van der Waals surface area contributed by atoms with Crippen LogP contribution in [0.1, 0.15) is 12.5 Å². The summed E-state index contributed by atoms with van der Waals surface area (Å²) in [6.45, 7) is 0.707. The van der Waals surface area contributed by atoms with Crippen LogP contribution in [0.2, 0.25) is 0 Å². The van der Waals surface area contributed by atoms with Crippen molar-refractivity contribution < 1.29 is 18.3 Å². The molecule has 1 aromatic carbocycles. The van der Waals surface area contributed by atoms with E-state index >= 15 is 0 Å². The van der Waals surface area contributed by atoms with E-state index in [4.69, 9.17) is 7.85 Å². The molecule has 0 aliphatic rings. The Bertz CT molecular complexity index is 316. The topological polar surface area (TPSA) is 20.2 Å². The van der Waals surface area contributed by atoms with Crippen LogP contribution in [-0.4, -0.2) is 19.1 Å². The number of halogens is 3. The molecule has 1 rings (SSSR count). The van der Waals surface area contributed by atoms with Crippen molar-refractivity contribution in [3.63, 3.8) is 0 Å². The van der Waals surface area contributed by atoms with Gasteiger partial charge in [0, 0.05) is 0 Å². The van der Waals surface area contributed by atoms with Gasteiger partial charge in [0.05, 0.1) is 0 Å². The van der Waals surface area contributed by atoms with Gasteiger partial charge >= 0.3 is 6.18 Å². The first kappa shape index (κ1) is 11.1. The van der Waals surface area contributed by atoms with Crippen LogP contribution < -0.4 is 5.46 Å². The van der Waals surface area contributed by atoms with Crippen molar-refractivity contribution in [1.82, 2.24) is 0 Å². The van der Waals surface area contributed by atoms with E-state index in [0.29, 0.717) is 12.4 Å². The van der Waals surface area contributed by atoms with Crippen LogP contribution in [0.25, 0.3) is 0 Å². The summed E-state index contributed by atoms with van der Waals surface area (Å²) in [5.74, 6) is 0. The molecule has 0 amide bonds. The normalized spacial score (nSPS) is 16.4. The molecule has 14 heavy (non-hydrogen) atoms. The summed E-state index contributed by atoms with van der Waals surface area (Å²) in [7, 11) is 5.32. The molecule has 0 unspecified atom stereocenters. The minimum atomic E-state index is -4.69. The summed E-state index contributed by atoms with van der Waals surface area (Å²) in [6, 6.07) is 4.94. The third-order valence-electron chi connectivity index (χ3n) is 2.02. The fourth-order valence-electron chi connectivity index (χ4n) is 0.971. The highest BCUT2D eigenvalue weighted by molar-refractivity contribution is 6.32. The average Bonchev–Trinajstić information content (AvgIpc) is 2.03. The molecular formula is C9H8BF3O. The Morgan fingerprint density at radius 1 is 1.14 bits per heavy atom. The van der Waals surface area contributed by atoms with Crippen molar-refractivity contribution in [2.75, 3.05) is 0 Å². The second-order valence-corrected chi connectivity index (χ2v) is 3.19. The van der Waals surface area contributed by atoms with Crippen LogP contribution in [0, 0.1) is 0 Å². The molecule has 0 bridgehead atoms. The Labute approximate surface area is 81.0 Å². The largest absolute Gasteiger partial charge is 0.421 e. The van der Waals surface area contributed by atoms with Crippen molar-refractivity contribution in [1.29, 1.82) is 0 Å². The standard InChI is InChI=1S/C9H8BF3O/c1-8(14,9(11,12)13)6-2-4-7(10)5-3-6/h2-5,14H,1H3/t8-/m0/s1. The summed E-state index contributed by atoms with van der Waals surface area (Å²) in [4.78, 5) is 0. The fraction of sp³-hybridized carbons (Fsp3) is 0.333. The van der Waals surface area contributed by atoms with Crippen LogP contribution in [-0.2, 0) is 5.60 Å². The van der Waals surface area contributed by atoms with Crippen LogP contribution in [0.5, 0.6) is 0 Å². The Balaban J connectivity index is 3.10. The Morgan fingerprint density at radius 3 is 1.93 bits per heavy atom. The number of rotatable bonds is 1. The van der Waals surface area contributed by atoms with Crippen LogP contribution in [0.4, 0.5) is 13.2 Å². The Kier molecular flexibility index (Phi) is 2.63. The zero-order chi connectivity index (χ0) is 11.0. The fourth-order valence-corrected chi connectivity index (χ4v) is 0.971. The summed E-state index contributed by atoms with van der Waals surface area (Å²) in [6.07, 6.45) is -4.69. The van der Waals surface area contributed by atoms with E-state index in [-0.39, 0.29) is 5.56 Å². The first-order valence-electron chi connectivity index (χ1n) is 3.90. The van der Waals surface area contributed by atoms with E-state index in [0.717, 1.165) is 12.1 Å². The average molecular weight is 200 g/mol. The quantitative estimate of drug-likeness (QED) is 0.676. The molecule has 0 saturated carbocycles. The lowest BCUT2D eigenvalue weighted by Gasteiger charge is -2.26. The summed E-state index contributed by atoms with van der Waals surface area (Å²) < 4.78 is 37.0. The molecule has 0 heterocycles. The number of aliphatic hydroxyl groups is 1. The minimum absolute atomic E-state index is 0.223. The monoisotopic (exact) mass is 200 g/mol. The molecule has 0 fully saturated rings. The maximum absolute atomic E-state index is 12.3. The molecule has 0 aliphatic carbocycles. The highest BCUT2D eigenvalue weighted by Gasteiger charge is 2.50. The van der Waals surface area contributed by atoms with E-state index in [1.165, 1.54) is 12.1 Å². The van der Waals surface area contributed by atoms with Gasteiger partial charge in [-0.15, -0.1) is 0 Å². The number of alkyl halides is 3. The highest BCUT2D eigenvalue weighted by atomic mass is 19.4. The van der Waals surface area contributed by atoms with Gasteiger partial charge in [-0.1, -0.05) is 29.7 Å². The van der Waals surface area contributed by atoms with Gasteiger partial charge in [-0.2, -0.15) is 13.2 Å². The van der Waals surface area contributed by atoms with E-state index < -0.39 is 11.8 Å². The zero-order valence-electron chi connectivity index (χ0n) is 7.47. The maximum atomic E-state index is 12.3. The van der Waals surface area contributed by atoms with Gasteiger partial charge < -0.3 is 5.11 Å². The molecule has 0 aliphatic heterocycles. The van der Waals surface area contributed by atoms with Gasteiger partial charge in [0.15, 0.2) is 5.60 Å². The highest BCUT2D eigenvalue weighted by Crippen LogP contribution is 2.37. The van der Waals surface area contributed by atoms with Crippen molar-refractivity contribution in [3.8, 4) is 0 Å². The van der Waals surface area contributed by atoms with Crippen LogP contribution >= 0.6 is 0 Å². The SMILES string of the molecule is [B]c1ccc([C@](C)(O)C(F)(F)F)cc1. The van der Waals surface area contributed by atoms with Gasteiger partial charge in [0.2, 0.25) is 0 Å². The molecule has 74 valence electrons. The third-order valence-corrected chi connectivity index (χ3v) is 2.02. The van der Waals surface area contributed by atoms with Crippen molar-refractivity contribution in [3.05, 3.63) is 29.8 Å². The smallest absolute Gasteiger partial charge is 0.376 e. The van der Waals surface area contributed by atoms with Gasteiger partial charge in [0.1, 0.15) is 7.85 Å². The van der Waals surface area contributed by atoms with E-state index in [2.05, 4.69) is 0 Å². The molecule has 1 N–H and O–H groups in total. The Morgan fingerprint density at radius 2 is 1.57 bits per heavy atom. The maximum Gasteiger partial charge on any atom is 0.421 e. The predicted octanol–water partition coefficient (Wildman–Crippen LogP) is 1.25. The third kappa shape index (κ3) is 1.92. The van der Waals surface area contributed by atoms with Crippen molar-refractivity contribution >= 4 is 13.3 Å². The summed E-state index contributed by atoms with van der Waals surface area (Å²) in [5, 5.41) is 9.25. The van der Waals surface area contributed by atoms with E-state index in [1.807, 2.05) is 0 Å². The van der Waals surface area contributed by atoms with Crippen molar-refractivity contribution in [2.45, 2.75) is 18.7 Å². The molecular weight excluding hydrogens is 192 g/mol. The number of hydrogen-bond donors (Lipinski definition) is 1. The van der Waals surface area contributed by atoms with Crippen LogP contribution in [0.3, 0.4) is 0 Å². The molecule has 0 saturated heterocycles. The molecule has 2 radical (unpaired) electrons. The van der Waals surface area contributed by atoms with Gasteiger partial charge in [-0.05, 0) is 12.5 Å². The van der Waals surface area contributed by atoms with Gasteiger partial charge in [0.25, 0.3) is 0 Å². The summed E-state index contributed by atoms with van der Waals surface area (Å²) >= 11 is 0. The van der Waals surface area contributed by atoms with Gasteiger partial charge in [-0.25, -0.2) is 0 Å². The molecule has 0 aromatic heterocycles. The molecule has 5 heteroatoms. The number of hydrogen-bond acceptors (Lipinski definition) is 1. The van der Waals surface area contributed by atoms with E-state index in [1.54, 1.807) is 0 Å². The molecule has 1 aromatic rings. The first-order chi connectivity index (χ1) is 6.25. The molecule has 1 atom stereocenters. The number of benzene rings is 1. The van der Waals surface area contributed by atoms with Crippen molar-refractivity contribution in [2.24, 2.45) is 0 Å². The minimum Gasteiger partial charge on any atom is -0.376 e. The van der Waals surface area contributed by atoms with Gasteiger partial charge in [-0.3, -0.25) is 0 Å². The first-order valence-corrected chi connectivity index (χ1v) is 3.90. The predicted molar refractivity (Wildman–Crippen MR) is 47.5 cm³/mol. The Hall–Kier alpha value is -0.965. The molecule has 1 nitrogen and oxygen atoms in total. The molecule has 0 spiro atoms. The lowest BCUT2D eigenvalue weighted by Crippen LogP contribution is -2.39. The van der Waals surface area contributed by atoms with Crippen LogP contribution in [0.15, 0.2) is 24.3 Å². The second kappa shape index (κ2) is 3.31. The second-order valence-electron chi connectivity index (χ2n) is 3.19. The lowest BCUT2D eigenvalue weighted by molar-refractivity contribution is -0.258. The lowest BCUT2D eigenvalue weighted by atomic mass is 9.90. The van der Waals surface area contributed by atoms with E-state index in [9.17, 15) is 18.3 Å².